The van der Waals surface area contributed by atoms with Crippen LogP contribution >= 0.6 is 0 Å². The minimum Gasteiger partial charge on any atom is -0.394 e. The van der Waals surface area contributed by atoms with Gasteiger partial charge < -0.3 is 5.11 Å². The number of hydrogen-bond donors (Lipinski definition) is 1. The van der Waals surface area contributed by atoms with Crippen LogP contribution in [0.2, 0.25) is 0 Å². The Labute approximate surface area is 57.3 Å². The summed E-state index contributed by atoms with van der Waals surface area (Å²) < 4.78 is 1.41. The van der Waals surface area contributed by atoms with Crippen LogP contribution in [0.5, 0.6) is 0 Å². The van der Waals surface area contributed by atoms with E-state index in [-0.39, 0.29) is 12.3 Å². The van der Waals surface area contributed by atoms with E-state index in [9.17, 15) is 4.79 Å². The summed E-state index contributed by atoms with van der Waals surface area (Å²) in [6, 6.07) is 0. The van der Waals surface area contributed by atoms with Crippen LogP contribution in [0.3, 0.4) is 0 Å². The van der Waals surface area contributed by atoms with Crippen molar-refractivity contribution in [2.75, 3.05) is 6.61 Å². The van der Waals surface area contributed by atoms with Crippen LogP contribution in [-0.4, -0.2) is 33.0 Å². The summed E-state index contributed by atoms with van der Waals surface area (Å²) in [6.45, 7) is 0.377. The lowest BCUT2D eigenvalue weighted by molar-refractivity contribution is 0.111. The average molecular weight is 141 g/mol. The highest BCUT2D eigenvalue weighted by Crippen LogP contribution is 1.86. The van der Waals surface area contributed by atoms with Crippen LogP contribution in [0.1, 0.15) is 10.5 Å². The second-order valence-corrected chi connectivity index (χ2v) is 1.75. The number of aliphatic hydroxyl groups excluding tert-OH is 1. The zero-order valence-electron chi connectivity index (χ0n) is 5.27. The van der Waals surface area contributed by atoms with E-state index in [0.29, 0.717) is 12.8 Å². The lowest BCUT2D eigenvalue weighted by Crippen LogP contribution is -2.02. The molecule has 1 rings (SSSR count). The number of aromatic nitrogens is 3. The number of carbonyl (C=O) groups excluding carboxylic acids is 1. The molecule has 0 amide bonds. The molecule has 1 aromatic rings. The summed E-state index contributed by atoms with van der Waals surface area (Å²) >= 11 is 0. The third-order valence-electron chi connectivity index (χ3n) is 1.01. The van der Waals surface area contributed by atoms with Crippen molar-refractivity contribution in [2.45, 2.75) is 6.54 Å². The molecule has 0 aliphatic heterocycles. The van der Waals surface area contributed by atoms with E-state index in [2.05, 4.69) is 10.3 Å². The van der Waals surface area contributed by atoms with Crippen molar-refractivity contribution < 1.29 is 9.90 Å². The molecular weight excluding hydrogens is 134 g/mol. The summed E-state index contributed by atoms with van der Waals surface area (Å²) in [5.74, 6) is 0. The molecule has 1 aromatic heterocycles. The number of nitrogens with zero attached hydrogens (tertiary/aromatic N) is 3. The molecule has 0 atom stereocenters. The molecule has 0 bridgehead atoms. The van der Waals surface area contributed by atoms with Gasteiger partial charge in [0.2, 0.25) is 0 Å². The van der Waals surface area contributed by atoms with Gasteiger partial charge >= 0.3 is 0 Å². The fourth-order valence-corrected chi connectivity index (χ4v) is 0.579. The molecule has 0 fully saturated rings. The molecule has 10 heavy (non-hydrogen) atoms. The van der Waals surface area contributed by atoms with Gasteiger partial charge in [-0.15, -0.1) is 5.10 Å². The minimum absolute atomic E-state index is 0.00164. The Kier molecular flexibility index (Phi) is 2.11. The van der Waals surface area contributed by atoms with E-state index in [1.54, 1.807) is 0 Å². The fourth-order valence-electron chi connectivity index (χ4n) is 0.579. The Hall–Kier alpha value is -1.23. The monoisotopic (exact) mass is 141 g/mol. The van der Waals surface area contributed by atoms with Gasteiger partial charge in [0, 0.05) is 0 Å². The molecule has 0 aliphatic carbocycles. The van der Waals surface area contributed by atoms with Gasteiger partial charge in [0.15, 0.2) is 6.29 Å². The zero-order chi connectivity index (χ0) is 7.40. The van der Waals surface area contributed by atoms with Crippen molar-refractivity contribution in [2.24, 2.45) is 0 Å². The molecule has 0 saturated heterocycles. The molecular formula is C5H7N3O2. The first-order valence-corrected chi connectivity index (χ1v) is 2.83. The van der Waals surface area contributed by atoms with Crippen molar-refractivity contribution in [3.05, 3.63) is 11.9 Å². The number of aldehydes is 1. The molecule has 0 radical (unpaired) electrons. The average Bonchev–Trinajstić information content (AvgIpc) is 2.37. The van der Waals surface area contributed by atoms with Crippen molar-refractivity contribution in [3.8, 4) is 0 Å². The molecule has 5 nitrogen and oxygen atoms in total. The predicted molar refractivity (Wildman–Crippen MR) is 32.5 cm³/mol. The van der Waals surface area contributed by atoms with E-state index >= 15 is 0 Å². The first-order valence-electron chi connectivity index (χ1n) is 2.83. The van der Waals surface area contributed by atoms with Gasteiger partial charge in [-0.1, -0.05) is 5.21 Å². The van der Waals surface area contributed by atoms with Crippen molar-refractivity contribution in [1.29, 1.82) is 0 Å². The molecule has 1 N–H and O–H groups in total. The maximum absolute atomic E-state index is 10.0. The number of rotatable bonds is 3. The van der Waals surface area contributed by atoms with Gasteiger partial charge in [0.1, 0.15) is 5.69 Å². The van der Waals surface area contributed by atoms with Crippen molar-refractivity contribution in [3.63, 3.8) is 0 Å². The van der Waals surface area contributed by atoms with Crippen molar-refractivity contribution >= 4 is 6.29 Å². The van der Waals surface area contributed by atoms with Crippen LogP contribution in [0.15, 0.2) is 6.20 Å². The number of aliphatic hydroxyl groups is 1. The molecule has 0 aromatic carbocycles. The Morgan fingerprint density at radius 2 is 2.60 bits per heavy atom. The first kappa shape index (κ1) is 6.88. The smallest absolute Gasteiger partial charge is 0.171 e. The minimum atomic E-state index is 0.00164. The SMILES string of the molecule is O=Cc1cn(CCO)nn1. The van der Waals surface area contributed by atoms with Crippen molar-refractivity contribution in [1.82, 2.24) is 15.0 Å². The lowest BCUT2D eigenvalue weighted by atomic mass is 10.5. The molecule has 54 valence electrons. The van der Waals surface area contributed by atoms with Gasteiger partial charge in [-0.3, -0.25) is 4.79 Å². The van der Waals surface area contributed by atoms with Crippen LogP contribution < -0.4 is 0 Å². The zero-order valence-corrected chi connectivity index (χ0v) is 5.27. The van der Waals surface area contributed by atoms with E-state index in [0.717, 1.165) is 0 Å². The van der Waals surface area contributed by atoms with Crippen LogP contribution in [0.25, 0.3) is 0 Å². The van der Waals surface area contributed by atoms with Crippen LogP contribution in [-0.2, 0) is 6.54 Å². The van der Waals surface area contributed by atoms with Gasteiger partial charge in [-0.2, -0.15) is 0 Å². The highest BCUT2D eigenvalue weighted by molar-refractivity contribution is 5.70. The molecule has 0 unspecified atom stereocenters. The topological polar surface area (TPSA) is 68.0 Å². The largest absolute Gasteiger partial charge is 0.394 e. The molecule has 0 saturated carbocycles. The Bertz CT molecular complexity index is 220. The van der Waals surface area contributed by atoms with E-state index in [1.165, 1.54) is 10.9 Å². The number of carbonyl (C=O) groups is 1. The molecule has 1 heterocycles. The molecule has 0 aliphatic rings. The van der Waals surface area contributed by atoms with Gasteiger partial charge in [0.05, 0.1) is 19.3 Å². The maximum atomic E-state index is 10.0. The second-order valence-electron chi connectivity index (χ2n) is 1.75. The molecule has 5 heteroatoms. The van der Waals surface area contributed by atoms with Gasteiger partial charge in [0.25, 0.3) is 0 Å². The fraction of sp³-hybridized carbons (Fsp3) is 0.400. The highest BCUT2D eigenvalue weighted by Gasteiger charge is 1.95. The second kappa shape index (κ2) is 3.07. The Balaban J connectivity index is 2.68. The Morgan fingerprint density at radius 1 is 1.80 bits per heavy atom. The predicted octanol–water partition coefficient (Wildman–Crippen LogP) is -0.917. The summed E-state index contributed by atoms with van der Waals surface area (Å²) in [4.78, 5) is 10.0. The van der Waals surface area contributed by atoms with Gasteiger partial charge in [-0.25, -0.2) is 4.68 Å². The van der Waals surface area contributed by atoms with Crippen LogP contribution in [0.4, 0.5) is 0 Å². The lowest BCUT2D eigenvalue weighted by Gasteiger charge is -1.90. The van der Waals surface area contributed by atoms with Gasteiger partial charge in [-0.05, 0) is 0 Å². The highest BCUT2D eigenvalue weighted by atomic mass is 16.3. The third kappa shape index (κ3) is 1.38. The summed E-state index contributed by atoms with van der Waals surface area (Å²) in [7, 11) is 0. The van der Waals surface area contributed by atoms with E-state index in [1.807, 2.05) is 0 Å². The summed E-state index contributed by atoms with van der Waals surface area (Å²) in [5, 5.41) is 15.5. The van der Waals surface area contributed by atoms with E-state index < -0.39 is 0 Å². The standard InChI is InChI=1S/C5H7N3O2/c9-2-1-8-3-5(4-10)6-7-8/h3-4,9H,1-2H2. The van der Waals surface area contributed by atoms with E-state index in [4.69, 9.17) is 5.11 Å². The first-order chi connectivity index (χ1) is 4.86. The maximum Gasteiger partial charge on any atom is 0.171 e. The molecule has 0 spiro atoms. The van der Waals surface area contributed by atoms with Crippen LogP contribution in [0, 0.1) is 0 Å². The number of hydrogen-bond acceptors (Lipinski definition) is 4. The third-order valence-corrected chi connectivity index (χ3v) is 1.01. The summed E-state index contributed by atoms with van der Waals surface area (Å²) in [6.07, 6.45) is 2.09. The summed E-state index contributed by atoms with van der Waals surface area (Å²) in [5.41, 5.74) is 0.286. The Morgan fingerprint density at radius 3 is 3.10 bits per heavy atom. The quantitative estimate of drug-likeness (QED) is 0.553. The normalized spacial score (nSPS) is 9.70.